The molecule has 0 bridgehead atoms. The van der Waals surface area contributed by atoms with Crippen molar-refractivity contribution in [1.82, 2.24) is 5.48 Å². The van der Waals surface area contributed by atoms with Gasteiger partial charge in [0.25, 0.3) is 0 Å². The summed E-state index contributed by atoms with van der Waals surface area (Å²) < 4.78 is 6.82. The Balaban J connectivity index is 1.58. The Bertz CT molecular complexity index is 1480. The van der Waals surface area contributed by atoms with Crippen molar-refractivity contribution in [2.24, 2.45) is 0 Å². The van der Waals surface area contributed by atoms with Gasteiger partial charge >= 0.3 is 8.32 Å². The average Bonchev–Trinajstić information content (AvgIpc) is 3.04. The van der Waals surface area contributed by atoms with Crippen LogP contribution in [0.15, 0.2) is 163 Å². The largest absolute Gasteiger partial charge is 0.321 e. The smallest absolute Gasteiger partial charge is 0.305 e. The highest BCUT2D eigenvalue weighted by Crippen LogP contribution is 2.14. The van der Waals surface area contributed by atoms with Crippen LogP contribution in [0.4, 0.5) is 0 Å². The summed E-state index contributed by atoms with van der Waals surface area (Å²) in [5, 5.41) is 3.06. The molecular formula is C35H29NO3Si. The van der Waals surface area contributed by atoms with Crippen molar-refractivity contribution >= 4 is 35.4 Å². The monoisotopic (exact) mass is 539 g/mol. The second-order valence-electron chi connectivity index (χ2n) is 9.29. The lowest BCUT2D eigenvalue weighted by atomic mass is 10.0. The molecule has 0 radical (unpaired) electrons. The van der Waals surface area contributed by atoms with E-state index in [1.165, 1.54) is 0 Å². The number of carbonyl (C=O) groups excluding carboxylic acids is 2. The Morgan fingerprint density at radius 2 is 0.925 bits per heavy atom. The van der Waals surface area contributed by atoms with Crippen molar-refractivity contribution in [3.05, 3.63) is 175 Å². The van der Waals surface area contributed by atoms with Gasteiger partial charge in [-0.05, 0) is 21.6 Å². The molecule has 0 heterocycles. The van der Waals surface area contributed by atoms with Gasteiger partial charge in [-0.3, -0.25) is 15.1 Å². The summed E-state index contributed by atoms with van der Waals surface area (Å²) in [6, 6.07) is 48.4. The summed E-state index contributed by atoms with van der Waals surface area (Å²) in [7, 11) is -3.14. The summed E-state index contributed by atoms with van der Waals surface area (Å²) in [5.74, 6) is -0.336. The van der Waals surface area contributed by atoms with Gasteiger partial charge in [0.05, 0.1) is 0 Å². The number of rotatable bonds is 11. The van der Waals surface area contributed by atoms with Gasteiger partial charge in [-0.15, -0.1) is 0 Å². The zero-order chi connectivity index (χ0) is 27.6. The molecule has 0 aromatic heterocycles. The molecule has 0 aliphatic carbocycles. The van der Waals surface area contributed by atoms with Crippen molar-refractivity contribution in [3.63, 3.8) is 0 Å². The van der Waals surface area contributed by atoms with Crippen LogP contribution in [0.2, 0.25) is 0 Å². The molecular weight excluding hydrogens is 510 g/mol. The van der Waals surface area contributed by atoms with Crippen molar-refractivity contribution in [2.45, 2.75) is 6.42 Å². The molecule has 0 unspecified atom stereocenters. The molecule has 0 spiro atoms. The number of hydrogen-bond donors (Lipinski definition) is 1. The lowest BCUT2D eigenvalue weighted by Gasteiger charge is -2.33. The van der Waals surface area contributed by atoms with E-state index in [0.29, 0.717) is 11.1 Å². The number of allylic oxidation sites excluding steroid dienone is 2. The van der Waals surface area contributed by atoms with Crippen molar-refractivity contribution < 1.29 is 14.1 Å². The maximum atomic E-state index is 13.7. The topological polar surface area (TPSA) is 55.4 Å². The number of hydroxylamine groups is 1. The molecule has 0 amide bonds. The SMILES string of the molecule is O=C(CC=C(NO[Si](c1ccccc1)(c1ccccc1)c1ccccc1)C(=O)c1ccccc1)c1ccccc1. The molecule has 5 heteroatoms. The van der Waals surface area contributed by atoms with Gasteiger partial charge in [-0.2, -0.15) is 0 Å². The lowest BCUT2D eigenvalue weighted by Crippen LogP contribution is -2.71. The third-order valence-electron chi connectivity index (χ3n) is 6.72. The van der Waals surface area contributed by atoms with Gasteiger partial charge in [0.1, 0.15) is 5.70 Å². The number of benzene rings is 5. The van der Waals surface area contributed by atoms with Gasteiger partial charge in [0, 0.05) is 17.5 Å². The van der Waals surface area contributed by atoms with Gasteiger partial charge < -0.3 is 4.53 Å². The number of nitrogens with one attached hydrogen (secondary N) is 1. The Hall–Kier alpha value is -4.84. The normalized spacial score (nSPS) is 11.6. The van der Waals surface area contributed by atoms with E-state index in [1.807, 2.05) is 91.0 Å². The summed E-state index contributed by atoms with van der Waals surface area (Å²) in [4.78, 5) is 26.7. The van der Waals surface area contributed by atoms with Crippen LogP contribution < -0.4 is 21.0 Å². The minimum absolute atomic E-state index is 0.0465. The highest BCUT2D eigenvalue weighted by Gasteiger charge is 2.43. The Kier molecular flexibility index (Phi) is 8.56. The lowest BCUT2D eigenvalue weighted by molar-refractivity contribution is 0.0985. The van der Waals surface area contributed by atoms with Gasteiger partial charge in [0.15, 0.2) is 5.78 Å². The van der Waals surface area contributed by atoms with Crippen LogP contribution in [-0.4, -0.2) is 19.9 Å². The molecule has 0 atom stereocenters. The molecule has 0 aliphatic heterocycles. The first-order valence-electron chi connectivity index (χ1n) is 13.2. The summed E-state index contributed by atoms with van der Waals surface area (Å²) in [5.41, 5.74) is 4.39. The predicted octanol–water partition coefficient (Wildman–Crippen LogP) is 5.21. The maximum absolute atomic E-state index is 13.7. The second-order valence-corrected chi connectivity index (χ2v) is 12.6. The van der Waals surface area contributed by atoms with Crippen LogP contribution in [-0.2, 0) is 4.53 Å². The van der Waals surface area contributed by atoms with Crippen molar-refractivity contribution in [2.75, 3.05) is 0 Å². The van der Waals surface area contributed by atoms with Crippen LogP contribution in [0.5, 0.6) is 0 Å². The molecule has 40 heavy (non-hydrogen) atoms. The Labute approximate surface area is 235 Å². The fourth-order valence-electron chi connectivity index (χ4n) is 4.69. The quantitative estimate of drug-likeness (QED) is 0.0823. The second kappa shape index (κ2) is 12.8. The Morgan fingerprint density at radius 3 is 1.35 bits per heavy atom. The van der Waals surface area contributed by atoms with E-state index >= 15 is 0 Å². The minimum Gasteiger partial charge on any atom is -0.305 e. The first-order chi connectivity index (χ1) is 19.7. The first kappa shape index (κ1) is 26.8. The van der Waals surface area contributed by atoms with E-state index in [4.69, 9.17) is 4.53 Å². The van der Waals surface area contributed by atoms with Crippen LogP contribution in [0.25, 0.3) is 0 Å². The van der Waals surface area contributed by atoms with Gasteiger partial charge in [-0.1, -0.05) is 152 Å². The van der Waals surface area contributed by atoms with Crippen LogP contribution in [0.3, 0.4) is 0 Å². The maximum Gasteiger partial charge on any atom is 0.321 e. The molecule has 5 aromatic carbocycles. The summed E-state index contributed by atoms with van der Waals surface area (Å²) in [6.45, 7) is 0. The summed E-state index contributed by atoms with van der Waals surface area (Å²) in [6.07, 6.45) is 1.68. The van der Waals surface area contributed by atoms with Crippen molar-refractivity contribution in [1.29, 1.82) is 0 Å². The standard InChI is InChI=1S/C35H29NO3Si/c37-34(28-16-6-1-7-17-28)27-26-33(35(38)29-18-8-2-9-19-29)36-39-40(30-20-10-3-11-21-30,31-22-12-4-13-23-31)32-24-14-5-15-25-32/h1-26,36H,27H2. The number of hydrogen-bond acceptors (Lipinski definition) is 4. The predicted molar refractivity (Wildman–Crippen MR) is 162 cm³/mol. The molecule has 1 N–H and O–H groups in total. The molecule has 0 aliphatic rings. The van der Waals surface area contributed by atoms with Gasteiger partial charge in [-0.25, -0.2) is 0 Å². The molecule has 0 saturated heterocycles. The van der Waals surface area contributed by atoms with E-state index in [2.05, 4.69) is 41.9 Å². The average molecular weight is 540 g/mol. The summed E-state index contributed by atoms with van der Waals surface area (Å²) >= 11 is 0. The third-order valence-corrected chi connectivity index (χ3v) is 10.6. The molecule has 4 nitrogen and oxygen atoms in total. The van der Waals surface area contributed by atoms with E-state index in [1.54, 1.807) is 30.3 Å². The van der Waals surface area contributed by atoms with E-state index in [0.717, 1.165) is 15.6 Å². The third kappa shape index (κ3) is 5.91. The molecule has 5 rings (SSSR count). The molecule has 0 fully saturated rings. The molecule has 196 valence electrons. The zero-order valence-corrected chi connectivity index (χ0v) is 22.9. The van der Waals surface area contributed by atoms with E-state index in [-0.39, 0.29) is 23.7 Å². The fourth-order valence-corrected chi connectivity index (χ4v) is 8.29. The van der Waals surface area contributed by atoms with Crippen molar-refractivity contribution in [3.8, 4) is 0 Å². The zero-order valence-electron chi connectivity index (χ0n) is 21.9. The Morgan fingerprint density at radius 1 is 0.550 bits per heavy atom. The number of Topliss-reactive ketones (excluding diaryl/α,β-unsaturated/α-hetero) is 2. The van der Waals surface area contributed by atoms with E-state index < -0.39 is 8.32 Å². The van der Waals surface area contributed by atoms with Crippen LogP contribution in [0.1, 0.15) is 27.1 Å². The van der Waals surface area contributed by atoms with E-state index in [9.17, 15) is 9.59 Å². The van der Waals surface area contributed by atoms with Gasteiger partial charge in [0.2, 0.25) is 5.78 Å². The highest BCUT2D eigenvalue weighted by atomic mass is 28.4. The molecule has 5 aromatic rings. The van der Waals surface area contributed by atoms with Crippen LogP contribution >= 0.6 is 0 Å². The highest BCUT2D eigenvalue weighted by molar-refractivity contribution is 7.07. The number of carbonyl (C=O) groups is 2. The minimum atomic E-state index is -3.14. The van der Waals surface area contributed by atoms with Crippen LogP contribution in [0, 0.1) is 0 Å². The fraction of sp³-hybridized carbons (Fsp3) is 0.0286. The number of ketones is 2. The first-order valence-corrected chi connectivity index (χ1v) is 15.1. The molecule has 0 saturated carbocycles.